The summed E-state index contributed by atoms with van der Waals surface area (Å²) in [7, 11) is -2.92. The van der Waals surface area contributed by atoms with Gasteiger partial charge in [0.15, 0.2) is 11.5 Å². The summed E-state index contributed by atoms with van der Waals surface area (Å²) in [4.78, 5) is 28.7. The van der Waals surface area contributed by atoms with Crippen molar-refractivity contribution in [2.45, 2.75) is 26.8 Å². The van der Waals surface area contributed by atoms with Crippen LogP contribution in [0.25, 0.3) is 16.9 Å². The number of hydrogen-bond acceptors (Lipinski definition) is 6. The van der Waals surface area contributed by atoms with Gasteiger partial charge >= 0.3 is 6.36 Å². The average molecular weight is 534 g/mol. The Labute approximate surface area is 217 Å². The van der Waals surface area contributed by atoms with Crippen molar-refractivity contribution in [2.24, 2.45) is 0 Å². The lowest BCUT2D eigenvalue weighted by Crippen LogP contribution is -2.24. The van der Waals surface area contributed by atoms with Crippen LogP contribution in [-0.2, 0) is 11.3 Å². The van der Waals surface area contributed by atoms with Gasteiger partial charge in [0.1, 0.15) is 17.3 Å². The molecule has 0 saturated heterocycles. The Balaban J connectivity index is 1.68. The molecule has 9 nitrogen and oxygen atoms in total. The molecule has 0 atom stereocenters. The molecule has 4 rings (SSSR count). The molecule has 0 spiro atoms. The highest BCUT2D eigenvalue weighted by Crippen LogP contribution is 2.30. The Bertz CT molecular complexity index is 1640. The molecule has 0 saturated carbocycles. The van der Waals surface area contributed by atoms with Crippen LogP contribution < -0.4 is 20.1 Å². The molecule has 4 aromatic rings. The van der Waals surface area contributed by atoms with E-state index >= 15 is 0 Å². The topological polar surface area (TPSA) is 107 Å². The molecule has 38 heavy (non-hydrogen) atoms. The van der Waals surface area contributed by atoms with E-state index in [1.165, 1.54) is 29.8 Å². The number of nitrogens with zero attached hydrogens (tertiary/aromatic N) is 3. The second-order valence-electron chi connectivity index (χ2n) is 8.08. The van der Waals surface area contributed by atoms with Gasteiger partial charge in [0.05, 0.1) is 28.6 Å². The van der Waals surface area contributed by atoms with Gasteiger partial charge in [-0.25, -0.2) is 13.9 Å². The van der Waals surface area contributed by atoms with Crippen LogP contribution in [0.3, 0.4) is 0 Å². The number of fused-ring (bicyclic) bond motifs is 1. The number of imidazole rings is 1. The quantitative estimate of drug-likeness (QED) is 0.335. The number of alkyl halides is 3. The van der Waals surface area contributed by atoms with Crippen LogP contribution in [0, 0.1) is 12.7 Å². The van der Waals surface area contributed by atoms with E-state index in [4.69, 9.17) is 8.85 Å². The summed E-state index contributed by atoms with van der Waals surface area (Å²) in [5.74, 6) is -2.87. The number of carbonyl (C=O) groups excluding carboxylic acids is 2. The van der Waals surface area contributed by atoms with Crippen molar-refractivity contribution < 1.29 is 40.7 Å². The molecule has 2 heterocycles. The van der Waals surface area contributed by atoms with Crippen LogP contribution >= 0.6 is 0 Å². The Hall–Kier alpha value is -4.68. The van der Waals surface area contributed by atoms with Crippen molar-refractivity contribution in [3.63, 3.8) is 0 Å². The third-order valence-corrected chi connectivity index (χ3v) is 5.27. The third kappa shape index (κ3) is 5.99. The van der Waals surface area contributed by atoms with E-state index in [2.05, 4.69) is 25.5 Å². The lowest BCUT2D eigenvalue weighted by atomic mass is 10.0. The van der Waals surface area contributed by atoms with E-state index < -0.39 is 37.4 Å². The first-order chi connectivity index (χ1) is 19.1. The molecular formula is C25H21F4N5O4. The highest BCUT2D eigenvalue weighted by molar-refractivity contribution is 5.98. The van der Waals surface area contributed by atoms with Gasteiger partial charge in [0.2, 0.25) is 5.91 Å². The second-order valence-corrected chi connectivity index (χ2v) is 8.08. The molecule has 2 aromatic heterocycles. The van der Waals surface area contributed by atoms with Gasteiger partial charge in [-0.15, -0.1) is 13.2 Å². The molecule has 0 aliphatic rings. The number of rotatable bonds is 7. The maximum Gasteiger partial charge on any atom is 0.573 e. The van der Waals surface area contributed by atoms with Crippen molar-refractivity contribution in [1.82, 2.24) is 19.9 Å². The van der Waals surface area contributed by atoms with E-state index in [1.54, 1.807) is 19.1 Å². The number of hydrogen-bond donors (Lipinski definition) is 2. The molecular weight excluding hydrogens is 510 g/mol. The zero-order valence-electron chi connectivity index (χ0n) is 22.8. The summed E-state index contributed by atoms with van der Waals surface area (Å²) in [6, 6.07) is 8.16. The van der Waals surface area contributed by atoms with Gasteiger partial charge in [-0.2, -0.15) is 5.10 Å². The van der Waals surface area contributed by atoms with E-state index in [-0.39, 0.29) is 28.6 Å². The second kappa shape index (κ2) is 10.4. The molecule has 2 amide bonds. The van der Waals surface area contributed by atoms with Gasteiger partial charge in [0, 0.05) is 24.6 Å². The van der Waals surface area contributed by atoms with Crippen LogP contribution in [0.4, 0.5) is 23.4 Å². The highest BCUT2D eigenvalue weighted by Gasteiger charge is 2.31. The fourth-order valence-corrected chi connectivity index (χ4v) is 3.64. The molecule has 198 valence electrons. The minimum atomic E-state index is -5.00. The van der Waals surface area contributed by atoms with Crippen LogP contribution in [0.15, 0.2) is 48.7 Å². The number of methoxy groups -OCH3 is 1. The van der Waals surface area contributed by atoms with E-state index in [0.717, 1.165) is 18.2 Å². The van der Waals surface area contributed by atoms with Gasteiger partial charge < -0.3 is 20.1 Å². The number of anilines is 1. The van der Waals surface area contributed by atoms with Crippen LogP contribution in [0.2, 0.25) is 0 Å². The smallest absolute Gasteiger partial charge is 0.496 e. The minimum Gasteiger partial charge on any atom is -0.496 e. The number of benzene rings is 2. The average Bonchev–Trinajstić information content (AvgIpc) is 3.23. The number of halogens is 4. The Morgan fingerprint density at radius 2 is 1.95 bits per heavy atom. The maximum absolute atomic E-state index is 14.3. The molecule has 2 N–H and O–H groups in total. The Morgan fingerprint density at radius 3 is 2.66 bits per heavy atom. The standard InChI is InChI=1S/C25H21F4N5O4/c1-13-8-21(37-3)18(24(36)30-11-15-9-16(4-5-19(15)26)38-25(27,28)29)10-17(13)20-6-7-23-32-22(31-14(2)35)12-34(23)33-20/h4-10,12H,11H2,1-3H3,(H,30,36)(H,31,35)/i3D3. The van der Waals surface area contributed by atoms with Gasteiger partial charge in [-0.1, -0.05) is 0 Å². The zero-order valence-corrected chi connectivity index (χ0v) is 19.8. The lowest BCUT2D eigenvalue weighted by Gasteiger charge is -2.15. The van der Waals surface area contributed by atoms with E-state index in [1.807, 2.05) is 0 Å². The number of carbonyl (C=O) groups is 2. The molecule has 0 aliphatic heterocycles. The molecule has 0 bridgehead atoms. The fourth-order valence-electron chi connectivity index (χ4n) is 3.64. The van der Waals surface area contributed by atoms with Gasteiger partial charge in [-0.05, 0) is 55.0 Å². The maximum atomic E-state index is 14.3. The monoisotopic (exact) mass is 534 g/mol. The van der Waals surface area contributed by atoms with Gasteiger partial charge in [-0.3, -0.25) is 9.59 Å². The van der Waals surface area contributed by atoms with Crippen LogP contribution in [0.5, 0.6) is 11.5 Å². The third-order valence-electron chi connectivity index (χ3n) is 5.27. The Kier molecular flexibility index (Phi) is 6.14. The van der Waals surface area contributed by atoms with Crippen molar-refractivity contribution in [1.29, 1.82) is 0 Å². The molecule has 13 heteroatoms. The fraction of sp³-hybridized carbons (Fsp3) is 0.200. The van der Waals surface area contributed by atoms with Crippen molar-refractivity contribution >= 4 is 23.3 Å². The highest BCUT2D eigenvalue weighted by atomic mass is 19.4. The van der Waals surface area contributed by atoms with Crippen molar-refractivity contribution in [2.75, 3.05) is 12.4 Å². The van der Waals surface area contributed by atoms with E-state index in [0.29, 0.717) is 22.5 Å². The summed E-state index contributed by atoms with van der Waals surface area (Å²) < 4.78 is 84.6. The Morgan fingerprint density at radius 1 is 1.16 bits per heavy atom. The normalized spacial score (nSPS) is 12.8. The molecule has 0 radical (unpaired) electrons. The summed E-state index contributed by atoms with van der Waals surface area (Å²) in [6.07, 6.45) is -3.53. The SMILES string of the molecule is [2H]C([2H])([2H])Oc1cc(C)c(-c2ccc3nc(NC(C)=O)cn3n2)cc1C(=O)NCc1cc(OC(F)(F)F)ccc1F. The summed E-state index contributed by atoms with van der Waals surface area (Å²) in [5, 5.41) is 9.35. The summed E-state index contributed by atoms with van der Waals surface area (Å²) in [5.41, 5.74) is 1.08. The van der Waals surface area contributed by atoms with Crippen LogP contribution in [0.1, 0.15) is 32.5 Å². The minimum absolute atomic E-state index is 0.253. The molecule has 2 aromatic carbocycles. The predicted octanol–water partition coefficient (Wildman–Crippen LogP) is 4.64. The largest absolute Gasteiger partial charge is 0.573 e. The number of aromatic nitrogens is 3. The number of amides is 2. The van der Waals surface area contributed by atoms with Crippen LogP contribution in [-0.4, -0.2) is 39.8 Å². The number of ether oxygens (including phenoxy) is 2. The first-order valence-corrected chi connectivity index (χ1v) is 10.9. The first-order valence-electron chi connectivity index (χ1n) is 12.4. The van der Waals surface area contributed by atoms with Gasteiger partial charge in [0.25, 0.3) is 5.91 Å². The van der Waals surface area contributed by atoms with E-state index in [9.17, 15) is 27.2 Å². The number of aryl methyl sites for hydroxylation is 1. The zero-order chi connectivity index (χ0) is 30.1. The lowest BCUT2D eigenvalue weighted by molar-refractivity contribution is -0.274. The summed E-state index contributed by atoms with van der Waals surface area (Å²) >= 11 is 0. The predicted molar refractivity (Wildman–Crippen MR) is 128 cm³/mol. The van der Waals surface area contributed by atoms with Crippen molar-refractivity contribution in [3.8, 4) is 22.8 Å². The first kappa shape index (κ1) is 22.5. The van der Waals surface area contributed by atoms with Crippen molar-refractivity contribution in [3.05, 3.63) is 71.2 Å². The summed E-state index contributed by atoms with van der Waals surface area (Å²) in [6.45, 7) is 2.40. The molecule has 0 aliphatic carbocycles. The number of nitrogens with one attached hydrogen (secondary N) is 2. The molecule has 0 fully saturated rings. The molecule has 0 unspecified atom stereocenters.